The third-order valence-electron chi connectivity index (χ3n) is 1.54. The molecule has 2 rings (SSSR count). The maximum Gasteiger partial charge on any atom is 0.327 e. The Balaban J connectivity index is 1.93. The highest BCUT2D eigenvalue weighted by Gasteiger charge is 2.07. The highest BCUT2D eigenvalue weighted by Crippen LogP contribution is 2.08. The number of urea groups is 1. The van der Waals surface area contributed by atoms with Crippen molar-refractivity contribution in [1.29, 1.82) is 0 Å². The van der Waals surface area contributed by atoms with Crippen molar-refractivity contribution >= 4 is 17.7 Å². The van der Waals surface area contributed by atoms with Crippen molar-refractivity contribution in [2.75, 3.05) is 10.6 Å². The van der Waals surface area contributed by atoms with Crippen LogP contribution in [-0.2, 0) is 0 Å². The molecular weight excluding hydrogens is 200 g/mol. The van der Waals surface area contributed by atoms with Gasteiger partial charge >= 0.3 is 6.03 Å². The van der Waals surface area contributed by atoms with Gasteiger partial charge in [-0.05, 0) is 6.92 Å². The fourth-order valence-electron chi connectivity index (χ4n) is 0.965. The topological polar surface area (TPSA) is 93.2 Å². The number of anilines is 2. The van der Waals surface area contributed by atoms with Crippen LogP contribution in [0.3, 0.4) is 0 Å². The molecule has 0 aliphatic heterocycles. The van der Waals surface area contributed by atoms with Gasteiger partial charge in [0, 0.05) is 12.1 Å². The van der Waals surface area contributed by atoms with E-state index in [2.05, 4.69) is 25.5 Å². The van der Waals surface area contributed by atoms with Gasteiger partial charge in [-0.3, -0.25) is 10.6 Å². The lowest BCUT2D eigenvalue weighted by Gasteiger charge is -1.99. The number of aryl methyl sites for hydroxylation is 1. The van der Waals surface area contributed by atoms with Gasteiger partial charge in [-0.1, -0.05) is 10.3 Å². The first kappa shape index (κ1) is 9.25. The molecule has 0 unspecified atom stereocenters. The normalized spacial score (nSPS) is 9.93. The Morgan fingerprint density at radius 3 is 2.87 bits per heavy atom. The lowest BCUT2D eigenvalue weighted by Crippen LogP contribution is -2.19. The molecule has 0 spiro atoms. The monoisotopic (exact) mass is 208 g/mol. The molecule has 0 saturated carbocycles. The van der Waals surface area contributed by atoms with Crippen LogP contribution >= 0.6 is 0 Å². The van der Waals surface area contributed by atoms with Gasteiger partial charge in [0.05, 0.1) is 6.20 Å². The van der Waals surface area contributed by atoms with Crippen LogP contribution < -0.4 is 10.6 Å². The number of nitrogens with zero attached hydrogens (tertiary/aromatic N) is 2. The van der Waals surface area contributed by atoms with E-state index in [-0.39, 0.29) is 5.88 Å². The van der Waals surface area contributed by atoms with E-state index in [1.807, 2.05) is 0 Å². The molecule has 2 aromatic heterocycles. The Labute approximate surface area is 84.4 Å². The van der Waals surface area contributed by atoms with Gasteiger partial charge in [-0.15, -0.1) is 0 Å². The zero-order valence-corrected chi connectivity index (χ0v) is 7.85. The molecule has 0 aromatic carbocycles. The Hall–Kier alpha value is -2.31. The predicted molar refractivity (Wildman–Crippen MR) is 50.4 cm³/mol. The summed E-state index contributed by atoms with van der Waals surface area (Å²) >= 11 is 0. The van der Waals surface area contributed by atoms with E-state index in [0.717, 1.165) is 0 Å². The first-order chi connectivity index (χ1) is 7.24. The Morgan fingerprint density at radius 2 is 2.27 bits per heavy atom. The number of hydrogen-bond acceptors (Lipinski definition) is 5. The molecule has 7 heteroatoms. The molecule has 15 heavy (non-hydrogen) atoms. The van der Waals surface area contributed by atoms with Crippen molar-refractivity contribution in [2.45, 2.75) is 6.92 Å². The van der Waals surface area contributed by atoms with E-state index in [0.29, 0.717) is 11.6 Å². The molecule has 0 atom stereocenters. The Morgan fingerprint density at radius 1 is 1.40 bits per heavy atom. The van der Waals surface area contributed by atoms with Crippen molar-refractivity contribution in [3.05, 3.63) is 24.1 Å². The molecule has 0 aliphatic rings. The third-order valence-corrected chi connectivity index (χ3v) is 1.54. The van der Waals surface area contributed by atoms with Crippen LogP contribution in [0.4, 0.5) is 16.5 Å². The second kappa shape index (κ2) is 3.82. The van der Waals surface area contributed by atoms with Crippen LogP contribution in [0.5, 0.6) is 0 Å². The molecule has 0 radical (unpaired) electrons. The van der Waals surface area contributed by atoms with Gasteiger partial charge in [0.15, 0.2) is 5.82 Å². The summed E-state index contributed by atoms with van der Waals surface area (Å²) in [5.74, 6) is 1.21. The van der Waals surface area contributed by atoms with Crippen molar-refractivity contribution in [3.63, 3.8) is 0 Å². The van der Waals surface area contributed by atoms with E-state index < -0.39 is 6.03 Å². The van der Waals surface area contributed by atoms with Crippen LogP contribution in [0.15, 0.2) is 27.4 Å². The summed E-state index contributed by atoms with van der Waals surface area (Å²) in [6.45, 7) is 1.73. The van der Waals surface area contributed by atoms with E-state index in [4.69, 9.17) is 4.52 Å². The first-order valence-electron chi connectivity index (χ1n) is 4.16. The maximum absolute atomic E-state index is 11.3. The van der Waals surface area contributed by atoms with Crippen LogP contribution in [-0.4, -0.2) is 16.3 Å². The third kappa shape index (κ3) is 2.33. The molecule has 0 bridgehead atoms. The van der Waals surface area contributed by atoms with Crippen molar-refractivity contribution in [2.24, 2.45) is 0 Å². The summed E-state index contributed by atoms with van der Waals surface area (Å²) in [4.78, 5) is 11.3. The zero-order valence-electron chi connectivity index (χ0n) is 7.85. The lowest BCUT2D eigenvalue weighted by molar-refractivity contribution is 0.261. The van der Waals surface area contributed by atoms with E-state index in [1.54, 1.807) is 13.0 Å². The van der Waals surface area contributed by atoms with Crippen LogP contribution in [0.25, 0.3) is 0 Å². The molecule has 2 heterocycles. The fourth-order valence-corrected chi connectivity index (χ4v) is 0.965. The standard InChI is InChI=1S/C8H8N4O3/c1-5-4-6(12-14-5)10-8(13)11-7-2-3-9-15-7/h2-4H,1H3,(H2,10,11,12,13). The van der Waals surface area contributed by atoms with E-state index >= 15 is 0 Å². The van der Waals surface area contributed by atoms with Gasteiger partial charge in [0.1, 0.15) is 5.76 Å². The molecular formula is C8H8N4O3. The number of rotatable bonds is 2. The maximum atomic E-state index is 11.3. The van der Waals surface area contributed by atoms with Gasteiger partial charge < -0.3 is 9.05 Å². The second-order valence-corrected chi connectivity index (χ2v) is 2.78. The summed E-state index contributed by atoms with van der Waals surface area (Å²) < 4.78 is 9.45. The summed E-state index contributed by atoms with van der Waals surface area (Å²) in [5.41, 5.74) is 0. The summed E-state index contributed by atoms with van der Waals surface area (Å²) in [6, 6.07) is 2.65. The molecule has 0 aliphatic carbocycles. The fraction of sp³-hybridized carbons (Fsp3) is 0.125. The molecule has 2 amide bonds. The largest absolute Gasteiger partial charge is 0.360 e. The molecule has 2 aromatic rings. The van der Waals surface area contributed by atoms with Crippen LogP contribution in [0.1, 0.15) is 5.76 Å². The molecule has 7 nitrogen and oxygen atoms in total. The first-order valence-corrected chi connectivity index (χ1v) is 4.16. The van der Waals surface area contributed by atoms with Crippen LogP contribution in [0.2, 0.25) is 0 Å². The van der Waals surface area contributed by atoms with Gasteiger partial charge in [0.25, 0.3) is 0 Å². The second-order valence-electron chi connectivity index (χ2n) is 2.78. The molecule has 78 valence electrons. The SMILES string of the molecule is Cc1cc(NC(=O)Nc2ccno2)no1. The minimum absolute atomic E-state index is 0.257. The number of amides is 2. The van der Waals surface area contributed by atoms with Crippen molar-refractivity contribution < 1.29 is 13.8 Å². The number of carbonyl (C=O) groups excluding carboxylic acids is 1. The molecule has 0 saturated heterocycles. The van der Waals surface area contributed by atoms with Crippen molar-refractivity contribution in [1.82, 2.24) is 10.3 Å². The highest BCUT2D eigenvalue weighted by molar-refractivity contribution is 5.98. The molecule has 0 fully saturated rings. The number of nitrogens with one attached hydrogen (secondary N) is 2. The number of carbonyl (C=O) groups is 1. The average molecular weight is 208 g/mol. The van der Waals surface area contributed by atoms with Gasteiger partial charge in [-0.25, -0.2) is 4.79 Å². The zero-order chi connectivity index (χ0) is 10.7. The quantitative estimate of drug-likeness (QED) is 0.781. The Bertz CT molecular complexity index is 448. The Kier molecular flexibility index (Phi) is 2.36. The van der Waals surface area contributed by atoms with Gasteiger partial charge in [0.2, 0.25) is 5.88 Å². The average Bonchev–Trinajstić information content (AvgIpc) is 2.77. The summed E-state index contributed by atoms with van der Waals surface area (Å²) in [7, 11) is 0. The lowest BCUT2D eigenvalue weighted by atomic mass is 10.5. The molecule has 2 N–H and O–H groups in total. The van der Waals surface area contributed by atoms with Gasteiger partial charge in [-0.2, -0.15) is 0 Å². The highest BCUT2D eigenvalue weighted by atomic mass is 16.5. The summed E-state index contributed by atoms with van der Waals surface area (Å²) in [5, 5.41) is 11.9. The van der Waals surface area contributed by atoms with E-state index in [9.17, 15) is 4.79 Å². The van der Waals surface area contributed by atoms with Crippen LogP contribution in [0, 0.1) is 6.92 Å². The summed E-state index contributed by atoms with van der Waals surface area (Å²) in [6.07, 6.45) is 1.43. The predicted octanol–water partition coefficient (Wildman–Crippen LogP) is 1.62. The minimum atomic E-state index is -0.472. The van der Waals surface area contributed by atoms with E-state index in [1.165, 1.54) is 12.3 Å². The number of aromatic nitrogens is 2. The smallest absolute Gasteiger partial charge is 0.327 e. The number of hydrogen-bond donors (Lipinski definition) is 2. The van der Waals surface area contributed by atoms with Crippen molar-refractivity contribution in [3.8, 4) is 0 Å². The minimum Gasteiger partial charge on any atom is -0.360 e.